The smallest absolute Gasteiger partial charge is 0.413 e. The van der Waals surface area contributed by atoms with Crippen LogP contribution in [-0.4, -0.2) is 73.3 Å². The van der Waals surface area contributed by atoms with E-state index in [1.165, 1.54) is 48.5 Å². The van der Waals surface area contributed by atoms with E-state index >= 15 is 0 Å². The number of carbonyl (C=O) groups excluding carboxylic acids is 3. The highest BCUT2D eigenvalue weighted by Crippen LogP contribution is 2.18. The van der Waals surface area contributed by atoms with E-state index in [-0.39, 0.29) is 29.4 Å². The summed E-state index contributed by atoms with van der Waals surface area (Å²) in [5.74, 6) is -1.30. The molecule has 0 saturated carbocycles. The molecule has 0 radical (unpaired) electrons. The van der Waals surface area contributed by atoms with Gasteiger partial charge in [-0.05, 0) is 74.9 Å². The maximum atomic E-state index is 13.6. The largest absolute Gasteiger partial charge is 0.491 e. The zero-order valence-electron chi connectivity index (χ0n) is 25.5. The van der Waals surface area contributed by atoms with E-state index in [0.717, 1.165) is 5.56 Å². The fourth-order valence-electron chi connectivity index (χ4n) is 3.98. The first kappa shape index (κ1) is 34.3. The highest BCUT2D eigenvalue weighted by atomic mass is 16.6. The van der Waals surface area contributed by atoms with Gasteiger partial charge in [-0.25, -0.2) is 9.59 Å². The monoisotopic (exact) mass is 619 g/mol. The van der Waals surface area contributed by atoms with Crippen LogP contribution in [0.1, 0.15) is 52.6 Å². The fourth-order valence-corrected chi connectivity index (χ4v) is 3.98. The van der Waals surface area contributed by atoms with Crippen molar-refractivity contribution in [3.05, 3.63) is 95.1 Å². The van der Waals surface area contributed by atoms with Crippen LogP contribution in [0, 0.1) is 5.41 Å². The maximum Gasteiger partial charge on any atom is 0.413 e. The summed E-state index contributed by atoms with van der Waals surface area (Å²) < 4.78 is 20.9. The molecule has 0 aliphatic heterocycles. The Kier molecular flexibility index (Phi) is 12.2. The van der Waals surface area contributed by atoms with E-state index in [1.807, 2.05) is 0 Å². The van der Waals surface area contributed by atoms with Crippen LogP contribution < -0.4 is 20.1 Å². The molecule has 3 aromatic rings. The van der Waals surface area contributed by atoms with Crippen LogP contribution in [0.15, 0.2) is 72.8 Å². The number of hydrogen-bond acceptors (Lipinski definition) is 9. The molecule has 0 unspecified atom stereocenters. The van der Waals surface area contributed by atoms with E-state index in [2.05, 4.69) is 10.6 Å². The van der Waals surface area contributed by atoms with Crippen LogP contribution in [-0.2, 0) is 20.7 Å². The molecule has 45 heavy (non-hydrogen) atoms. The predicted molar refractivity (Wildman–Crippen MR) is 165 cm³/mol. The van der Waals surface area contributed by atoms with Gasteiger partial charge in [0.05, 0.1) is 12.6 Å². The molecule has 12 nitrogen and oxygen atoms in total. The molecule has 1 atom stereocenters. The molecule has 0 fully saturated rings. The van der Waals surface area contributed by atoms with Crippen molar-refractivity contribution < 1.29 is 43.2 Å². The highest BCUT2D eigenvalue weighted by molar-refractivity contribution is 6.06. The van der Waals surface area contributed by atoms with Crippen molar-refractivity contribution in [2.45, 2.75) is 38.8 Å². The molecule has 0 spiro atoms. The van der Waals surface area contributed by atoms with E-state index in [0.29, 0.717) is 30.1 Å². The number of amidine groups is 1. The number of methoxy groups -OCH3 is 1. The van der Waals surface area contributed by atoms with Crippen LogP contribution in [0.3, 0.4) is 0 Å². The van der Waals surface area contributed by atoms with Crippen molar-refractivity contribution >= 4 is 29.6 Å². The van der Waals surface area contributed by atoms with Gasteiger partial charge in [0.25, 0.3) is 5.91 Å². The number of carboxylic acids is 1. The molecule has 0 aromatic heterocycles. The molecule has 238 valence electrons. The Morgan fingerprint density at radius 1 is 0.800 bits per heavy atom. The lowest BCUT2D eigenvalue weighted by molar-refractivity contribution is -0.139. The van der Waals surface area contributed by atoms with Crippen molar-refractivity contribution in [2.75, 3.05) is 26.9 Å². The molecule has 3 aromatic carbocycles. The number of carbonyl (C=O) groups is 4. The van der Waals surface area contributed by atoms with Gasteiger partial charge in [0, 0.05) is 30.2 Å². The van der Waals surface area contributed by atoms with Gasteiger partial charge in [0.2, 0.25) is 0 Å². The number of ether oxygens (including phenoxy) is 4. The van der Waals surface area contributed by atoms with Gasteiger partial charge in [-0.15, -0.1) is 0 Å². The first-order valence-corrected chi connectivity index (χ1v) is 14.0. The minimum atomic E-state index is -1.13. The number of benzene rings is 3. The third kappa shape index (κ3) is 11.4. The summed E-state index contributed by atoms with van der Waals surface area (Å²) in [5, 5.41) is 22.1. The van der Waals surface area contributed by atoms with Gasteiger partial charge in [-0.2, -0.15) is 0 Å². The molecular formula is C33H37N3O9. The first-order chi connectivity index (χ1) is 21.3. The van der Waals surface area contributed by atoms with Crippen LogP contribution in [0.2, 0.25) is 0 Å². The van der Waals surface area contributed by atoms with Crippen molar-refractivity contribution in [1.29, 1.82) is 5.41 Å². The Morgan fingerprint density at radius 2 is 1.36 bits per heavy atom. The zero-order valence-corrected chi connectivity index (χ0v) is 25.5. The van der Waals surface area contributed by atoms with E-state index in [1.54, 1.807) is 52.1 Å². The molecule has 0 saturated heterocycles. The summed E-state index contributed by atoms with van der Waals surface area (Å²) in [6.07, 6.45) is -0.602. The highest BCUT2D eigenvalue weighted by Gasteiger charge is 2.24. The topological polar surface area (TPSA) is 173 Å². The standard InChI is InChI=1S/C33H37N3O9/c1-33(2,3)45-32(41)36-30(34)23-7-9-24(10-8-23)31(40)35-27(19-21-5-13-25(14-6-21)43-18-17-42-4)29(39)22-11-15-26(16-12-22)44-20-28(37)38/h5-16,27H,17-20H2,1-4H3,(H,35,40)(H,37,38)(H2,34,36,41)/t27-/m0/s1. The Labute approximate surface area is 261 Å². The van der Waals surface area contributed by atoms with Gasteiger partial charge >= 0.3 is 12.1 Å². The number of amides is 2. The molecule has 0 aliphatic rings. The SMILES string of the molecule is COCCOc1ccc(C[C@H](NC(=O)c2ccc(C(=N)NC(=O)OC(C)(C)C)cc2)C(=O)c2ccc(OCC(=O)O)cc2)cc1. The number of nitrogens with one attached hydrogen (secondary N) is 3. The Hall–Kier alpha value is -5.23. The van der Waals surface area contributed by atoms with E-state index in [4.69, 9.17) is 29.5 Å². The van der Waals surface area contributed by atoms with Gasteiger partial charge < -0.3 is 29.4 Å². The van der Waals surface area contributed by atoms with Gasteiger partial charge in [0.1, 0.15) is 29.5 Å². The molecule has 2 amide bonds. The molecule has 4 N–H and O–H groups in total. The lowest BCUT2D eigenvalue weighted by Gasteiger charge is -2.20. The number of alkyl carbamates (subject to hydrolysis) is 1. The van der Waals surface area contributed by atoms with Crippen molar-refractivity contribution in [3.8, 4) is 11.5 Å². The molecular weight excluding hydrogens is 582 g/mol. The molecule has 0 aliphatic carbocycles. The summed E-state index contributed by atoms with van der Waals surface area (Å²) in [7, 11) is 1.58. The lowest BCUT2D eigenvalue weighted by Crippen LogP contribution is -2.42. The lowest BCUT2D eigenvalue weighted by atomic mass is 9.97. The Bertz CT molecular complexity index is 1480. The van der Waals surface area contributed by atoms with E-state index < -0.39 is 36.2 Å². The number of Topliss-reactive ketones (excluding diaryl/α,β-unsaturated/α-hetero) is 1. The van der Waals surface area contributed by atoms with Crippen molar-refractivity contribution in [1.82, 2.24) is 10.6 Å². The second-order valence-corrected chi connectivity index (χ2v) is 10.9. The summed E-state index contributed by atoms with van der Waals surface area (Å²) in [5.41, 5.74) is 0.922. The third-order valence-corrected chi connectivity index (χ3v) is 6.10. The third-order valence-electron chi connectivity index (χ3n) is 6.10. The minimum absolute atomic E-state index is 0.169. The van der Waals surface area contributed by atoms with Gasteiger partial charge in [-0.1, -0.05) is 24.3 Å². The molecule has 0 heterocycles. The van der Waals surface area contributed by atoms with Crippen LogP contribution in [0.25, 0.3) is 0 Å². The Morgan fingerprint density at radius 3 is 1.93 bits per heavy atom. The van der Waals surface area contributed by atoms with Crippen LogP contribution in [0.4, 0.5) is 4.79 Å². The summed E-state index contributed by atoms with van der Waals surface area (Å²) >= 11 is 0. The average molecular weight is 620 g/mol. The zero-order chi connectivity index (χ0) is 33.0. The quantitative estimate of drug-likeness (QED) is 0.0890. The van der Waals surface area contributed by atoms with Crippen molar-refractivity contribution in [2.24, 2.45) is 0 Å². The summed E-state index contributed by atoms with van der Waals surface area (Å²) in [6.45, 7) is 5.43. The molecule has 12 heteroatoms. The van der Waals surface area contributed by atoms with E-state index in [9.17, 15) is 19.2 Å². The normalized spacial score (nSPS) is 11.6. The van der Waals surface area contributed by atoms with Gasteiger partial charge in [0.15, 0.2) is 12.4 Å². The minimum Gasteiger partial charge on any atom is -0.491 e. The Balaban J connectivity index is 1.76. The average Bonchev–Trinajstić information content (AvgIpc) is 2.99. The number of hydrogen-bond donors (Lipinski definition) is 4. The number of aliphatic carboxylic acids is 1. The van der Waals surface area contributed by atoms with Crippen molar-refractivity contribution in [3.63, 3.8) is 0 Å². The maximum absolute atomic E-state index is 13.6. The van der Waals surface area contributed by atoms with Crippen LogP contribution >= 0.6 is 0 Å². The summed E-state index contributed by atoms with van der Waals surface area (Å²) in [4.78, 5) is 49.7. The number of rotatable bonds is 14. The predicted octanol–water partition coefficient (Wildman–Crippen LogP) is 4.25. The van der Waals surface area contributed by atoms with Gasteiger partial charge in [-0.3, -0.25) is 20.3 Å². The van der Waals surface area contributed by atoms with Crippen LogP contribution in [0.5, 0.6) is 11.5 Å². The first-order valence-electron chi connectivity index (χ1n) is 14.0. The second-order valence-electron chi connectivity index (χ2n) is 10.9. The fraction of sp³-hybridized carbons (Fsp3) is 0.303. The summed E-state index contributed by atoms with van der Waals surface area (Å²) in [6, 6.07) is 18.1. The molecule has 0 bridgehead atoms. The number of ketones is 1. The second kappa shape index (κ2) is 16.0. The number of carboxylic acid groups (broad SMARTS) is 1. The molecule has 3 rings (SSSR count).